The second kappa shape index (κ2) is 8.36. The maximum Gasteiger partial charge on any atom is 0.255 e. The predicted octanol–water partition coefficient (Wildman–Crippen LogP) is 2.79. The molecule has 10 heteroatoms. The first-order chi connectivity index (χ1) is 13.2. The smallest absolute Gasteiger partial charge is 0.255 e. The number of thiazole rings is 1. The van der Waals surface area contributed by atoms with E-state index in [2.05, 4.69) is 9.88 Å². The van der Waals surface area contributed by atoms with E-state index in [9.17, 15) is 13.2 Å². The van der Waals surface area contributed by atoms with Crippen molar-refractivity contribution in [3.8, 4) is 0 Å². The number of carbonyl (C=O) groups excluding carboxylic acids is 1. The molecule has 0 aliphatic carbocycles. The largest absolute Gasteiger partial charge is 0.345 e. The highest BCUT2D eigenvalue weighted by Gasteiger charge is 2.28. The first-order valence-electron chi connectivity index (χ1n) is 8.93. The van der Waals surface area contributed by atoms with Gasteiger partial charge >= 0.3 is 0 Å². The standard InChI is InChI=1S/C18H23ClN4O3S2/c1-13(2)21(3)28(25,26)14-4-5-16(19)15(12-14)17(24)22-7-9-23(10-8-22)18-20-6-11-27-18/h4-6,11-13H,7-10H2,1-3H3. The molecule has 3 rings (SSSR count). The summed E-state index contributed by atoms with van der Waals surface area (Å²) in [5, 5.41) is 3.11. The maximum absolute atomic E-state index is 13.0. The van der Waals surface area contributed by atoms with Gasteiger partial charge in [-0.25, -0.2) is 13.4 Å². The van der Waals surface area contributed by atoms with E-state index in [0.717, 1.165) is 5.13 Å². The summed E-state index contributed by atoms with van der Waals surface area (Å²) in [6.45, 7) is 5.98. The summed E-state index contributed by atoms with van der Waals surface area (Å²) in [4.78, 5) is 21.2. The normalized spacial score (nSPS) is 15.5. The molecule has 1 aliphatic heterocycles. The second-order valence-electron chi connectivity index (χ2n) is 6.85. The number of nitrogens with zero attached hydrogens (tertiary/aromatic N) is 4. The molecule has 0 radical (unpaired) electrons. The van der Waals surface area contributed by atoms with Crippen molar-refractivity contribution in [3.05, 3.63) is 40.4 Å². The average molecular weight is 443 g/mol. The zero-order valence-electron chi connectivity index (χ0n) is 16.0. The highest BCUT2D eigenvalue weighted by Crippen LogP contribution is 2.26. The fourth-order valence-corrected chi connectivity index (χ4v) is 5.21. The Hall–Kier alpha value is -1.68. The van der Waals surface area contributed by atoms with Crippen molar-refractivity contribution in [1.82, 2.24) is 14.2 Å². The topological polar surface area (TPSA) is 73.8 Å². The summed E-state index contributed by atoms with van der Waals surface area (Å²) in [5.41, 5.74) is 0.211. The van der Waals surface area contributed by atoms with Gasteiger partial charge in [0, 0.05) is 50.8 Å². The van der Waals surface area contributed by atoms with Crippen LogP contribution < -0.4 is 4.90 Å². The van der Waals surface area contributed by atoms with Crippen LogP contribution in [0.5, 0.6) is 0 Å². The van der Waals surface area contributed by atoms with Crippen LogP contribution in [0.1, 0.15) is 24.2 Å². The van der Waals surface area contributed by atoms with Crippen LogP contribution in [-0.4, -0.2) is 67.8 Å². The number of aromatic nitrogens is 1. The molecule has 0 bridgehead atoms. The van der Waals surface area contributed by atoms with Gasteiger partial charge in [-0.3, -0.25) is 4.79 Å². The quantitative estimate of drug-likeness (QED) is 0.711. The van der Waals surface area contributed by atoms with Crippen LogP contribution in [0.3, 0.4) is 0 Å². The summed E-state index contributed by atoms with van der Waals surface area (Å²) in [7, 11) is -2.17. The first kappa shape index (κ1) is 21.0. The van der Waals surface area contributed by atoms with E-state index >= 15 is 0 Å². The fraction of sp³-hybridized carbons (Fsp3) is 0.444. The van der Waals surface area contributed by atoms with Crippen LogP contribution >= 0.6 is 22.9 Å². The molecule has 0 N–H and O–H groups in total. The Morgan fingerprint density at radius 1 is 1.25 bits per heavy atom. The van der Waals surface area contributed by atoms with Crippen molar-refractivity contribution < 1.29 is 13.2 Å². The lowest BCUT2D eigenvalue weighted by molar-refractivity contribution is 0.0746. The molecule has 1 aliphatic rings. The summed E-state index contributed by atoms with van der Waals surface area (Å²) < 4.78 is 26.8. The molecule has 7 nitrogen and oxygen atoms in total. The zero-order chi connectivity index (χ0) is 20.5. The number of rotatable bonds is 5. The summed E-state index contributed by atoms with van der Waals surface area (Å²) in [6, 6.07) is 4.10. The van der Waals surface area contributed by atoms with Gasteiger partial charge in [-0.15, -0.1) is 11.3 Å². The molecular weight excluding hydrogens is 420 g/mol. The van der Waals surface area contributed by atoms with Gasteiger partial charge in [-0.1, -0.05) is 11.6 Å². The Morgan fingerprint density at radius 2 is 1.93 bits per heavy atom. The Morgan fingerprint density at radius 3 is 2.50 bits per heavy atom. The van der Waals surface area contributed by atoms with E-state index in [1.165, 1.54) is 29.6 Å². The summed E-state index contributed by atoms with van der Waals surface area (Å²) in [5.74, 6) is -0.256. The van der Waals surface area contributed by atoms with E-state index in [4.69, 9.17) is 11.6 Å². The lowest BCUT2D eigenvalue weighted by Crippen LogP contribution is -2.48. The number of benzene rings is 1. The molecule has 1 saturated heterocycles. The second-order valence-corrected chi connectivity index (χ2v) is 10.1. The Labute approximate surface area is 174 Å². The summed E-state index contributed by atoms with van der Waals surface area (Å²) in [6.07, 6.45) is 1.76. The summed E-state index contributed by atoms with van der Waals surface area (Å²) >= 11 is 7.80. The fourth-order valence-electron chi connectivity index (χ4n) is 2.92. The molecule has 1 fully saturated rings. The van der Waals surface area contributed by atoms with Crippen molar-refractivity contribution in [2.75, 3.05) is 38.1 Å². The zero-order valence-corrected chi connectivity index (χ0v) is 18.4. The van der Waals surface area contributed by atoms with E-state index in [1.807, 2.05) is 5.38 Å². The molecule has 152 valence electrons. The molecule has 1 amide bonds. The highest BCUT2D eigenvalue weighted by molar-refractivity contribution is 7.89. The molecule has 0 saturated carbocycles. The van der Waals surface area contributed by atoms with Gasteiger partial charge in [0.2, 0.25) is 10.0 Å². The molecule has 0 atom stereocenters. The van der Waals surface area contributed by atoms with Crippen LogP contribution in [-0.2, 0) is 10.0 Å². The van der Waals surface area contributed by atoms with Gasteiger partial charge in [0.1, 0.15) is 0 Å². The molecule has 1 aromatic carbocycles. The molecular formula is C18H23ClN4O3S2. The van der Waals surface area contributed by atoms with Crippen LogP contribution in [0.2, 0.25) is 5.02 Å². The van der Waals surface area contributed by atoms with E-state index in [1.54, 1.807) is 36.3 Å². The van der Waals surface area contributed by atoms with Crippen LogP contribution in [0.4, 0.5) is 5.13 Å². The van der Waals surface area contributed by atoms with Gasteiger partial charge in [-0.2, -0.15) is 4.31 Å². The number of carbonyl (C=O) groups is 1. The van der Waals surface area contributed by atoms with E-state index < -0.39 is 10.0 Å². The monoisotopic (exact) mass is 442 g/mol. The number of hydrogen-bond acceptors (Lipinski definition) is 6. The average Bonchev–Trinajstić information content (AvgIpc) is 3.22. The predicted molar refractivity (Wildman–Crippen MR) is 112 cm³/mol. The SMILES string of the molecule is CC(C)N(C)S(=O)(=O)c1ccc(Cl)c(C(=O)N2CCN(c3nccs3)CC2)c1. The van der Waals surface area contributed by atoms with Crippen molar-refractivity contribution in [3.63, 3.8) is 0 Å². The molecule has 0 spiro atoms. The van der Waals surface area contributed by atoms with Crippen LogP contribution in [0.25, 0.3) is 0 Å². The van der Waals surface area contributed by atoms with E-state index in [0.29, 0.717) is 26.2 Å². The minimum Gasteiger partial charge on any atom is -0.345 e. The van der Waals surface area contributed by atoms with Crippen molar-refractivity contribution in [2.45, 2.75) is 24.8 Å². The minimum atomic E-state index is -3.69. The lowest BCUT2D eigenvalue weighted by Gasteiger charge is -2.34. The van der Waals surface area contributed by atoms with Gasteiger partial charge in [0.15, 0.2) is 5.13 Å². The van der Waals surface area contributed by atoms with Gasteiger partial charge in [0.25, 0.3) is 5.91 Å². The lowest BCUT2D eigenvalue weighted by atomic mass is 10.2. The number of halogens is 1. The van der Waals surface area contributed by atoms with Gasteiger partial charge < -0.3 is 9.80 Å². The third kappa shape index (κ3) is 4.17. The number of piperazine rings is 1. The molecule has 2 heterocycles. The Kier molecular flexibility index (Phi) is 6.28. The first-order valence-corrected chi connectivity index (χ1v) is 11.6. The number of anilines is 1. The van der Waals surface area contributed by atoms with Gasteiger partial charge in [0.05, 0.1) is 15.5 Å². The Bertz CT molecular complexity index is 940. The third-order valence-electron chi connectivity index (χ3n) is 4.83. The van der Waals surface area contributed by atoms with Crippen molar-refractivity contribution in [2.24, 2.45) is 0 Å². The highest BCUT2D eigenvalue weighted by atomic mass is 35.5. The third-order valence-corrected chi connectivity index (χ3v) is 8.02. The Balaban J connectivity index is 1.79. The van der Waals surface area contributed by atoms with Gasteiger partial charge in [-0.05, 0) is 32.0 Å². The maximum atomic E-state index is 13.0. The van der Waals surface area contributed by atoms with E-state index in [-0.39, 0.29) is 27.4 Å². The van der Waals surface area contributed by atoms with Crippen molar-refractivity contribution >= 4 is 44.0 Å². The molecule has 1 aromatic heterocycles. The number of hydrogen-bond donors (Lipinski definition) is 0. The van der Waals surface area contributed by atoms with Crippen LogP contribution in [0.15, 0.2) is 34.7 Å². The number of amides is 1. The van der Waals surface area contributed by atoms with Crippen LogP contribution in [0, 0.1) is 0 Å². The number of sulfonamides is 1. The molecule has 0 unspecified atom stereocenters. The van der Waals surface area contributed by atoms with Crippen molar-refractivity contribution in [1.29, 1.82) is 0 Å². The molecule has 2 aromatic rings. The molecule has 28 heavy (non-hydrogen) atoms. The minimum absolute atomic E-state index is 0.0675.